The van der Waals surface area contributed by atoms with E-state index < -0.39 is 66.7 Å². The second-order valence-electron chi connectivity index (χ2n) is 16.2. The standard InChI is InChI=1S/C53H44F6N2O10/c54-51(55,56)32-68-43-24-11-38(12-25-43)48(64)70-45-20-6-34(7-21-45)5-19-42(62)31-50(29-36-1-15-40(60)16-2-36,30-37-3-17-41(61)18-4-37)53(66,67)47(63)28-10-35-8-22-46(23-9-35)71-49(65)39-13-26-44(27-14-39)69-33-52(57,58)59/h1-28,66-67H,29-33,60-61H2. The molecule has 6 aromatic carbocycles. The molecule has 0 spiro atoms. The molecule has 0 aliphatic heterocycles. The van der Waals surface area contributed by atoms with Crippen LogP contribution in [0.2, 0.25) is 0 Å². The number of nitrogens with two attached hydrogens (primary N) is 2. The highest BCUT2D eigenvalue weighted by molar-refractivity contribution is 6.01. The minimum absolute atomic E-state index is 0.0278. The molecule has 0 aliphatic rings. The first kappa shape index (κ1) is 52.2. The van der Waals surface area contributed by atoms with Crippen LogP contribution >= 0.6 is 0 Å². The molecule has 0 amide bonds. The van der Waals surface area contributed by atoms with Crippen LogP contribution in [0.25, 0.3) is 12.2 Å². The Labute approximate surface area is 402 Å². The second-order valence-corrected chi connectivity index (χ2v) is 16.2. The van der Waals surface area contributed by atoms with Gasteiger partial charge < -0.3 is 40.6 Å². The van der Waals surface area contributed by atoms with Gasteiger partial charge >= 0.3 is 24.3 Å². The Kier molecular flexibility index (Phi) is 16.5. The van der Waals surface area contributed by atoms with Gasteiger partial charge in [0.15, 0.2) is 19.0 Å². The Balaban J connectivity index is 1.19. The van der Waals surface area contributed by atoms with E-state index in [0.717, 1.165) is 6.08 Å². The van der Waals surface area contributed by atoms with Gasteiger partial charge in [-0.15, -0.1) is 0 Å². The van der Waals surface area contributed by atoms with Crippen LogP contribution in [0.1, 0.15) is 49.4 Å². The van der Waals surface area contributed by atoms with Crippen molar-refractivity contribution >= 4 is 47.0 Å². The summed E-state index contributed by atoms with van der Waals surface area (Å²) in [6, 6.07) is 34.3. The average Bonchev–Trinajstić information content (AvgIpc) is 3.33. The molecular weight excluding hydrogens is 939 g/mol. The van der Waals surface area contributed by atoms with Gasteiger partial charge in [0.05, 0.1) is 11.1 Å². The third-order valence-electron chi connectivity index (χ3n) is 10.7. The van der Waals surface area contributed by atoms with E-state index in [9.17, 15) is 55.7 Å². The lowest BCUT2D eigenvalue weighted by molar-refractivity contribution is -0.230. The zero-order valence-electron chi connectivity index (χ0n) is 37.3. The molecule has 0 fully saturated rings. The SMILES string of the molecule is Nc1ccc(CC(CC(=O)C=Cc2ccc(OC(=O)c3ccc(OCC(F)(F)F)cc3)cc2)(Cc2ccc(N)cc2)C(O)(O)C(=O)C=Cc2ccc(OC(=O)c3ccc(OCC(F)(F)F)cc3)cc2)cc1. The van der Waals surface area contributed by atoms with Crippen LogP contribution in [-0.4, -0.2) is 65.1 Å². The molecule has 0 aliphatic carbocycles. The van der Waals surface area contributed by atoms with Crippen molar-refractivity contribution in [3.05, 3.63) is 191 Å². The van der Waals surface area contributed by atoms with E-state index in [4.69, 9.17) is 20.9 Å². The highest BCUT2D eigenvalue weighted by atomic mass is 19.4. The Hall–Kier alpha value is -8.22. The van der Waals surface area contributed by atoms with E-state index >= 15 is 0 Å². The Morgan fingerprint density at radius 3 is 1.20 bits per heavy atom. The summed E-state index contributed by atoms with van der Waals surface area (Å²) >= 11 is 0. The third-order valence-corrected chi connectivity index (χ3v) is 10.7. The molecule has 0 heterocycles. The smallest absolute Gasteiger partial charge is 0.422 e. The van der Waals surface area contributed by atoms with Gasteiger partial charge in [0, 0.05) is 23.2 Å². The van der Waals surface area contributed by atoms with Gasteiger partial charge in [-0.3, -0.25) is 9.59 Å². The molecule has 0 atom stereocenters. The van der Waals surface area contributed by atoms with Crippen molar-refractivity contribution < 1.29 is 74.7 Å². The maximum Gasteiger partial charge on any atom is 0.422 e. The first-order valence-electron chi connectivity index (χ1n) is 21.4. The molecule has 368 valence electrons. The summed E-state index contributed by atoms with van der Waals surface area (Å²) in [5.74, 6) is -6.60. The molecule has 6 aromatic rings. The number of anilines is 2. The minimum Gasteiger partial charge on any atom is -0.484 e. The van der Waals surface area contributed by atoms with Crippen molar-refractivity contribution in [2.45, 2.75) is 37.4 Å². The number of nitrogen functional groups attached to an aromatic ring is 2. The summed E-state index contributed by atoms with van der Waals surface area (Å²) in [7, 11) is 0. The third kappa shape index (κ3) is 15.4. The van der Waals surface area contributed by atoms with Crippen molar-refractivity contribution in [3.63, 3.8) is 0 Å². The van der Waals surface area contributed by atoms with E-state index in [-0.39, 0.29) is 47.0 Å². The molecule has 0 saturated carbocycles. The molecule has 71 heavy (non-hydrogen) atoms. The van der Waals surface area contributed by atoms with Gasteiger partial charge in [0.25, 0.3) is 0 Å². The predicted octanol–water partition coefficient (Wildman–Crippen LogP) is 9.58. The topological polar surface area (TPSA) is 198 Å². The molecule has 0 bridgehead atoms. The summed E-state index contributed by atoms with van der Waals surface area (Å²) in [5, 5.41) is 24.3. The highest BCUT2D eigenvalue weighted by Gasteiger charge is 2.54. The number of ether oxygens (including phenoxy) is 4. The van der Waals surface area contributed by atoms with Gasteiger partial charge in [0.1, 0.15) is 23.0 Å². The number of allylic oxidation sites excluding steroid dienone is 1. The van der Waals surface area contributed by atoms with Gasteiger partial charge in [-0.2, -0.15) is 26.3 Å². The van der Waals surface area contributed by atoms with Crippen molar-refractivity contribution in [1.82, 2.24) is 0 Å². The fourth-order valence-corrected chi connectivity index (χ4v) is 7.07. The van der Waals surface area contributed by atoms with Crippen LogP contribution in [0.5, 0.6) is 23.0 Å². The lowest BCUT2D eigenvalue weighted by atomic mass is 9.65. The minimum atomic E-state index is -4.54. The van der Waals surface area contributed by atoms with Gasteiger partial charge in [-0.05, 0) is 144 Å². The highest BCUT2D eigenvalue weighted by Crippen LogP contribution is 2.43. The number of hydrogen-bond donors (Lipinski definition) is 4. The Bertz CT molecular complexity index is 2800. The zero-order valence-corrected chi connectivity index (χ0v) is 37.3. The number of carbonyl (C=O) groups excluding carboxylic acids is 4. The molecule has 0 radical (unpaired) electrons. The maximum atomic E-state index is 14.1. The molecule has 6 N–H and O–H groups in total. The molecule has 6 rings (SSSR count). The second kappa shape index (κ2) is 22.5. The maximum absolute atomic E-state index is 14.1. The van der Waals surface area contributed by atoms with E-state index in [2.05, 4.69) is 9.47 Å². The van der Waals surface area contributed by atoms with Crippen molar-refractivity contribution in [3.8, 4) is 23.0 Å². The number of hydrogen-bond acceptors (Lipinski definition) is 12. The first-order chi connectivity index (χ1) is 33.5. The number of aliphatic hydroxyl groups is 2. The molecular formula is C53H44F6N2O10. The van der Waals surface area contributed by atoms with Crippen LogP contribution in [0.3, 0.4) is 0 Å². The van der Waals surface area contributed by atoms with Crippen molar-refractivity contribution in [1.29, 1.82) is 0 Å². The summed E-state index contributed by atoms with van der Waals surface area (Å²) in [6.07, 6.45) is -5.19. The van der Waals surface area contributed by atoms with Gasteiger partial charge in [-0.25, -0.2) is 9.59 Å². The van der Waals surface area contributed by atoms with Crippen LogP contribution in [0.15, 0.2) is 158 Å². The summed E-state index contributed by atoms with van der Waals surface area (Å²) in [5.41, 5.74) is 12.7. The summed E-state index contributed by atoms with van der Waals surface area (Å²) in [6.45, 7) is -3.00. The number of carbonyl (C=O) groups is 4. The number of halogens is 6. The quantitative estimate of drug-likeness (QED) is 0.0141. The molecule has 0 aromatic heterocycles. The predicted molar refractivity (Wildman–Crippen MR) is 250 cm³/mol. The lowest BCUT2D eigenvalue weighted by Crippen LogP contribution is -2.57. The van der Waals surface area contributed by atoms with Crippen LogP contribution < -0.4 is 30.4 Å². The normalized spacial score (nSPS) is 12.2. The zero-order chi connectivity index (χ0) is 51.4. The Morgan fingerprint density at radius 1 is 0.479 bits per heavy atom. The number of esters is 2. The summed E-state index contributed by atoms with van der Waals surface area (Å²) < 4.78 is 95.0. The number of alkyl halides is 6. The van der Waals surface area contributed by atoms with Crippen molar-refractivity contribution in [2.75, 3.05) is 24.7 Å². The van der Waals surface area contributed by atoms with Gasteiger partial charge in [0.2, 0.25) is 11.6 Å². The number of rotatable bonds is 20. The molecule has 0 unspecified atom stereocenters. The van der Waals surface area contributed by atoms with Crippen LogP contribution in [0.4, 0.5) is 37.7 Å². The fourth-order valence-electron chi connectivity index (χ4n) is 7.07. The summed E-state index contributed by atoms with van der Waals surface area (Å²) in [4.78, 5) is 53.6. The molecule has 0 saturated heterocycles. The fraction of sp³-hybridized carbons (Fsp3) is 0.170. The van der Waals surface area contributed by atoms with E-state index in [1.165, 1.54) is 115 Å². The first-order valence-corrected chi connectivity index (χ1v) is 21.4. The molecule has 12 nitrogen and oxygen atoms in total. The monoisotopic (exact) mass is 982 g/mol. The van der Waals surface area contributed by atoms with E-state index in [1.807, 2.05) is 0 Å². The van der Waals surface area contributed by atoms with Crippen molar-refractivity contribution in [2.24, 2.45) is 5.41 Å². The van der Waals surface area contributed by atoms with Crippen LogP contribution in [-0.2, 0) is 22.4 Å². The van der Waals surface area contributed by atoms with Crippen LogP contribution in [0, 0.1) is 5.41 Å². The Morgan fingerprint density at radius 2 is 0.831 bits per heavy atom. The number of benzene rings is 6. The number of ketones is 2. The van der Waals surface area contributed by atoms with E-state index in [1.54, 1.807) is 48.5 Å². The average molecular weight is 983 g/mol. The largest absolute Gasteiger partial charge is 0.484 e. The van der Waals surface area contributed by atoms with E-state index in [0.29, 0.717) is 33.6 Å². The van der Waals surface area contributed by atoms with Gasteiger partial charge in [-0.1, -0.05) is 60.7 Å². The molecule has 18 heteroatoms. The lowest BCUT2D eigenvalue weighted by Gasteiger charge is -2.42.